The number of carbonyl (C=O) groups excluding carboxylic acids is 1. The summed E-state index contributed by atoms with van der Waals surface area (Å²) in [4.78, 5) is 13.8. The molecule has 1 amide bonds. The minimum absolute atomic E-state index is 0.154. The molecule has 2 saturated heterocycles. The quantitative estimate of drug-likeness (QED) is 0.866. The van der Waals surface area contributed by atoms with Crippen molar-refractivity contribution in [3.8, 4) is 0 Å². The van der Waals surface area contributed by atoms with Gasteiger partial charge in [-0.15, -0.1) is 0 Å². The Morgan fingerprint density at radius 1 is 1.43 bits per heavy atom. The SMILES string of the molecule is CC(C)(C)OC(=O)N1CCC(C(N)CCC2CCCO2)C1. The van der Waals surface area contributed by atoms with E-state index in [9.17, 15) is 4.79 Å². The number of rotatable bonds is 4. The second kappa shape index (κ2) is 6.97. The Bertz CT molecular complexity index is 348. The van der Waals surface area contributed by atoms with Gasteiger partial charge in [0.1, 0.15) is 5.60 Å². The van der Waals surface area contributed by atoms with E-state index in [2.05, 4.69) is 0 Å². The molecule has 0 aromatic carbocycles. The van der Waals surface area contributed by atoms with E-state index in [1.807, 2.05) is 20.8 Å². The standard InChI is InChI=1S/C16H30N2O3/c1-16(2,3)21-15(19)18-9-8-12(11-18)14(17)7-6-13-5-4-10-20-13/h12-14H,4-11,17H2,1-3H3. The Morgan fingerprint density at radius 3 is 2.81 bits per heavy atom. The molecule has 2 N–H and O–H groups in total. The minimum atomic E-state index is -0.433. The number of carbonyl (C=O) groups is 1. The van der Waals surface area contributed by atoms with E-state index in [0.717, 1.165) is 39.0 Å². The highest BCUT2D eigenvalue weighted by atomic mass is 16.6. The number of nitrogens with two attached hydrogens (primary N) is 1. The summed E-state index contributed by atoms with van der Waals surface area (Å²) in [6.07, 6.45) is 5.54. The summed E-state index contributed by atoms with van der Waals surface area (Å²) < 4.78 is 11.1. The zero-order valence-electron chi connectivity index (χ0n) is 13.6. The molecular weight excluding hydrogens is 268 g/mol. The maximum absolute atomic E-state index is 12.0. The lowest BCUT2D eigenvalue weighted by atomic mass is 9.94. The number of nitrogens with zero attached hydrogens (tertiary/aromatic N) is 1. The van der Waals surface area contributed by atoms with Crippen LogP contribution in [0.3, 0.4) is 0 Å². The van der Waals surface area contributed by atoms with Crippen molar-refractivity contribution in [1.82, 2.24) is 4.90 Å². The molecule has 0 radical (unpaired) electrons. The van der Waals surface area contributed by atoms with Gasteiger partial charge in [-0.25, -0.2) is 4.79 Å². The zero-order chi connectivity index (χ0) is 15.5. The fraction of sp³-hybridized carbons (Fsp3) is 0.938. The van der Waals surface area contributed by atoms with Crippen molar-refractivity contribution in [2.45, 2.75) is 70.6 Å². The summed E-state index contributed by atoms with van der Waals surface area (Å²) in [7, 11) is 0. The van der Waals surface area contributed by atoms with E-state index in [1.54, 1.807) is 4.90 Å². The first kappa shape index (κ1) is 16.6. The molecule has 0 aromatic rings. The zero-order valence-corrected chi connectivity index (χ0v) is 13.6. The van der Waals surface area contributed by atoms with Gasteiger partial charge in [0.2, 0.25) is 0 Å². The summed E-state index contributed by atoms with van der Waals surface area (Å²) in [5.74, 6) is 0.388. The van der Waals surface area contributed by atoms with Crippen LogP contribution in [0, 0.1) is 5.92 Å². The van der Waals surface area contributed by atoms with Gasteiger partial charge in [0, 0.05) is 25.7 Å². The molecule has 3 unspecified atom stereocenters. The molecule has 2 fully saturated rings. The van der Waals surface area contributed by atoms with E-state index >= 15 is 0 Å². The van der Waals surface area contributed by atoms with Crippen molar-refractivity contribution in [1.29, 1.82) is 0 Å². The van der Waals surface area contributed by atoms with Crippen molar-refractivity contribution >= 4 is 6.09 Å². The van der Waals surface area contributed by atoms with Crippen molar-refractivity contribution < 1.29 is 14.3 Å². The first-order valence-corrected chi connectivity index (χ1v) is 8.20. The Balaban J connectivity index is 1.72. The summed E-state index contributed by atoms with van der Waals surface area (Å²) in [6, 6.07) is 0.154. The predicted octanol–water partition coefficient (Wildman–Crippen LogP) is 2.53. The monoisotopic (exact) mass is 298 g/mol. The molecule has 122 valence electrons. The van der Waals surface area contributed by atoms with Gasteiger partial charge < -0.3 is 20.1 Å². The number of likely N-dealkylation sites (tertiary alicyclic amines) is 1. The van der Waals surface area contributed by atoms with Crippen LogP contribution in [0.2, 0.25) is 0 Å². The first-order chi connectivity index (χ1) is 9.85. The van der Waals surface area contributed by atoms with E-state index in [4.69, 9.17) is 15.2 Å². The molecule has 5 heteroatoms. The van der Waals surface area contributed by atoms with Crippen LogP contribution in [0.1, 0.15) is 52.9 Å². The van der Waals surface area contributed by atoms with Crippen molar-refractivity contribution in [2.75, 3.05) is 19.7 Å². The van der Waals surface area contributed by atoms with E-state index < -0.39 is 5.60 Å². The summed E-state index contributed by atoms with van der Waals surface area (Å²) in [5.41, 5.74) is 5.88. The Morgan fingerprint density at radius 2 is 2.19 bits per heavy atom. The van der Waals surface area contributed by atoms with Gasteiger partial charge in [-0.3, -0.25) is 0 Å². The van der Waals surface area contributed by atoms with Crippen LogP contribution in [0.5, 0.6) is 0 Å². The molecular formula is C16H30N2O3. The molecule has 2 aliphatic rings. The molecule has 0 saturated carbocycles. The summed E-state index contributed by atoms with van der Waals surface area (Å²) in [6.45, 7) is 8.06. The van der Waals surface area contributed by atoms with Crippen LogP contribution >= 0.6 is 0 Å². The topological polar surface area (TPSA) is 64.8 Å². The highest BCUT2D eigenvalue weighted by molar-refractivity contribution is 5.68. The van der Waals surface area contributed by atoms with Crippen molar-refractivity contribution in [2.24, 2.45) is 11.7 Å². The highest BCUT2D eigenvalue weighted by Crippen LogP contribution is 2.25. The molecule has 2 aliphatic heterocycles. The first-order valence-electron chi connectivity index (χ1n) is 8.20. The van der Waals surface area contributed by atoms with Gasteiger partial charge in [0.05, 0.1) is 6.10 Å². The van der Waals surface area contributed by atoms with Crippen LogP contribution in [-0.2, 0) is 9.47 Å². The Labute approximate surface area is 128 Å². The van der Waals surface area contributed by atoms with E-state index in [1.165, 1.54) is 12.8 Å². The van der Waals surface area contributed by atoms with Crippen LogP contribution in [0.25, 0.3) is 0 Å². The maximum atomic E-state index is 12.0. The van der Waals surface area contributed by atoms with Gasteiger partial charge in [0.15, 0.2) is 0 Å². The van der Waals surface area contributed by atoms with Crippen LogP contribution < -0.4 is 5.73 Å². The second-order valence-corrected chi connectivity index (χ2v) is 7.35. The number of ether oxygens (including phenoxy) is 2. The molecule has 0 aromatic heterocycles. The van der Waals surface area contributed by atoms with Gasteiger partial charge >= 0.3 is 6.09 Å². The molecule has 3 atom stereocenters. The minimum Gasteiger partial charge on any atom is -0.444 e. The number of amides is 1. The van der Waals surface area contributed by atoms with Crippen molar-refractivity contribution in [3.63, 3.8) is 0 Å². The third kappa shape index (κ3) is 5.15. The second-order valence-electron chi connectivity index (χ2n) is 7.35. The molecule has 0 aliphatic carbocycles. The van der Waals surface area contributed by atoms with Crippen LogP contribution in [-0.4, -0.2) is 48.4 Å². The van der Waals surface area contributed by atoms with Crippen LogP contribution in [0.4, 0.5) is 4.79 Å². The molecule has 0 bridgehead atoms. The highest BCUT2D eigenvalue weighted by Gasteiger charge is 2.32. The third-order valence-corrected chi connectivity index (χ3v) is 4.33. The lowest BCUT2D eigenvalue weighted by Gasteiger charge is -2.25. The number of hydrogen-bond acceptors (Lipinski definition) is 4. The lowest BCUT2D eigenvalue weighted by molar-refractivity contribution is 0.0285. The average molecular weight is 298 g/mol. The fourth-order valence-corrected chi connectivity index (χ4v) is 3.12. The largest absolute Gasteiger partial charge is 0.444 e. The van der Waals surface area contributed by atoms with E-state index in [0.29, 0.717) is 12.0 Å². The van der Waals surface area contributed by atoms with Crippen LogP contribution in [0.15, 0.2) is 0 Å². The lowest BCUT2D eigenvalue weighted by Crippen LogP contribution is -2.38. The van der Waals surface area contributed by atoms with Gasteiger partial charge in [0.25, 0.3) is 0 Å². The molecule has 2 heterocycles. The Hall–Kier alpha value is -0.810. The Kier molecular flexibility index (Phi) is 5.49. The third-order valence-electron chi connectivity index (χ3n) is 4.33. The van der Waals surface area contributed by atoms with E-state index in [-0.39, 0.29) is 12.1 Å². The van der Waals surface area contributed by atoms with Gasteiger partial charge in [-0.2, -0.15) is 0 Å². The smallest absolute Gasteiger partial charge is 0.410 e. The molecule has 0 spiro atoms. The summed E-state index contributed by atoms with van der Waals surface area (Å²) in [5, 5.41) is 0. The predicted molar refractivity (Wildman–Crippen MR) is 82.1 cm³/mol. The summed E-state index contributed by atoms with van der Waals surface area (Å²) >= 11 is 0. The number of hydrogen-bond donors (Lipinski definition) is 1. The maximum Gasteiger partial charge on any atom is 0.410 e. The normalized spacial score (nSPS) is 27.9. The molecule has 21 heavy (non-hydrogen) atoms. The average Bonchev–Trinajstić information content (AvgIpc) is 3.05. The molecule has 5 nitrogen and oxygen atoms in total. The van der Waals surface area contributed by atoms with Crippen molar-refractivity contribution in [3.05, 3.63) is 0 Å². The molecule has 2 rings (SSSR count). The van der Waals surface area contributed by atoms with Gasteiger partial charge in [-0.1, -0.05) is 0 Å². The fourth-order valence-electron chi connectivity index (χ4n) is 3.12. The van der Waals surface area contributed by atoms with Gasteiger partial charge in [-0.05, 0) is 58.8 Å².